The van der Waals surface area contributed by atoms with E-state index >= 15 is 0 Å². The van der Waals surface area contributed by atoms with E-state index in [1.54, 1.807) is 11.8 Å². The summed E-state index contributed by atoms with van der Waals surface area (Å²) in [5.41, 5.74) is 1.07. The van der Waals surface area contributed by atoms with Gasteiger partial charge in [-0.2, -0.15) is 0 Å². The predicted molar refractivity (Wildman–Crippen MR) is 121 cm³/mol. The molecule has 0 N–H and O–H groups in total. The molecule has 1 aromatic rings. The van der Waals surface area contributed by atoms with Gasteiger partial charge in [0.05, 0.1) is 13.0 Å². The summed E-state index contributed by atoms with van der Waals surface area (Å²) in [5, 5.41) is 0. The van der Waals surface area contributed by atoms with Crippen molar-refractivity contribution in [3.05, 3.63) is 29.8 Å². The standard InChI is InChI=1S/C23H34N4O2S/c1-30-21-7-5-19(6-8-21)17-22(28)26-11-9-24(10-12-26)18-23(29)27-15-13-25(14-16-27)20-3-2-4-20/h5-8,20H,2-4,9-18H2,1H3. The van der Waals surface area contributed by atoms with E-state index < -0.39 is 0 Å². The number of rotatable bonds is 6. The first-order valence-electron chi connectivity index (χ1n) is 11.3. The number of carbonyl (C=O) groups excluding carboxylic acids is 2. The van der Waals surface area contributed by atoms with E-state index in [9.17, 15) is 9.59 Å². The van der Waals surface area contributed by atoms with E-state index in [1.165, 1.54) is 24.2 Å². The van der Waals surface area contributed by atoms with Gasteiger partial charge in [0.1, 0.15) is 0 Å². The van der Waals surface area contributed by atoms with Crippen molar-refractivity contribution < 1.29 is 9.59 Å². The quantitative estimate of drug-likeness (QED) is 0.644. The average molecular weight is 431 g/mol. The van der Waals surface area contributed by atoms with Crippen molar-refractivity contribution in [2.45, 2.75) is 36.6 Å². The molecule has 6 nitrogen and oxygen atoms in total. The minimum atomic E-state index is 0.185. The van der Waals surface area contributed by atoms with Gasteiger partial charge in [0.25, 0.3) is 0 Å². The number of hydrogen-bond donors (Lipinski definition) is 0. The van der Waals surface area contributed by atoms with Crippen molar-refractivity contribution in [2.75, 3.05) is 65.2 Å². The maximum atomic E-state index is 12.7. The van der Waals surface area contributed by atoms with Crippen LogP contribution in [0, 0.1) is 0 Å². The molecule has 30 heavy (non-hydrogen) atoms. The number of carbonyl (C=O) groups is 2. The SMILES string of the molecule is CSc1ccc(CC(=O)N2CCN(CC(=O)N3CCN(C4CCC4)CC3)CC2)cc1. The monoisotopic (exact) mass is 430 g/mol. The molecular weight excluding hydrogens is 396 g/mol. The summed E-state index contributed by atoms with van der Waals surface area (Å²) in [6.07, 6.45) is 6.54. The first-order valence-corrected chi connectivity index (χ1v) is 12.5. The van der Waals surface area contributed by atoms with Gasteiger partial charge < -0.3 is 9.80 Å². The molecule has 1 saturated carbocycles. The molecule has 2 saturated heterocycles. The smallest absolute Gasteiger partial charge is 0.236 e. The highest BCUT2D eigenvalue weighted by atomic mass is 32.2. The summed E-state index contributed by atoms with van der Waals surface area (Å²) >= 11 is 1.71. The molecule has 0 unspecified atom stereocenters. The Kier molecular flexibility index (Phi) is 7.33. The topological polar surface area (TPSA) is 47.1 Å². The molecule has 3 fully saturated rings. The Morgan fingerprint density at radius 1 is 0.867 bits per heavy atom. The van der Waals surface area contributed by atoms with Crippen LogP contribution >= 0.6 is 11.8 Å². The summed E-state index contributed by atoms with van der Waals surface area (Å²) in [6.45, 7) is 7.26. The van der Waals surface area contributed by atoms with Crippen LogP contribution in [0.25, 0.3) is 0 Å². The molecule has 2 heterocycles. The van der Waals surface area contributed by atoms with Crippen LogP contribution in [-0.4, -0.2) is 103 Å². The molecule has 1 aliphatic carbocycles. The highest BCUT2D eigenvalue weighted by molar-refractivity contribution is 7.98. The highest BCUT2D eigenvalue weighted by Crippen LogP contribution is 2.25. The van der Waals surface area contributed by atoms with Crippen LogP contribution < -0.4 is 0 Å². The molecule has 2 amide bonds. The maximum absolute atomic E-state index is 12.7. The molecule has 1 aromatic carbocycles. The van der Waals surface area contributed by atoms with Crippen LogP contribution in [0.2, 0.25) is 0 Å². The summed E-state index contributed by atoms with van der Waals surface area (Å²) in [6, 6.07) is 9.01. The van der Waals surface area contributed by atoms with Crippen LogP contribution in [0.4, 0.5) is 0 Å². The molecule has 0 bridgehead atoms. The Bertz CT molecular complexity index is 721. The molecule has 0 atom stereocenters. The molecule has 0 aromatic heterocycles. The highest BCUT2D eigenvalue weighted by Gasteiger charge is 2.30. The van der Waals surface area contributed by atoms with E-state index in [1.807, 2.05) is 21.9 Å². The van der Waals surface area contributed by atoms with Crippen LogP contribution in [0.15, 0.2) is 29.2 Å². The largest absolute Gasteiger partial charge is 0.340 e. The summed E-state index contributed by atoms with van der Waals surface area (Å²) < 4.78 is 0. The Hall–Kier alpha value is -1.57. The zero-order valence-electron chi connectivity index (χ0n) is 18.1. The molecule has 7 heteroatoms. The molecule has 0 radical (unpaired) electrons. The lowest BCUT2D eigenvalue weighted by atomic mass is 9.91. The fraction of sp³-hybridized carbons (Fsp3) is 0.652. The predicted octanol–water partition coefficient (Wildman–Crippen LogP) is 1.79. The van der Waals surface area contributed by atoms with Crippen LogP contribution in [0.5, 0.6) is 0 Å². The molecule has 4 rings (SSSR count). The number of thioether (sulfide) groups is 1. The number of benzene rings is 1. The van der Waals surface area contributed by atoms with Gasteiger partial charge in [-0.25, -0.2) is 0 Å². The number of nitrogens with zero attached hydrogens (tertiary/aromatic N) is 4. The fourth-order valence-electron chi connectivity index (χ4n) is 4.56. The second-order valence-electron chi connectivity index (χ2n) is 8.68. The molecule has 164 valence electrons. The number of hydrogen-bond acceptors (Lipinski definition) is 5. The maximum Gasteiger partial charge on any atom is 0.236 e. The molecule has 0 spiro atoms. The van der Waals surface area contributed by atoms with E-state index in [4.69, 9.17) is 0 Å². The van der Waals surface area contributed by atoms with Gasteiger partial charge >= 0.3 is 0 Å². The van der Waals surface area contributed by atoms with Crippen LogP contribution in [-0.2, 0) is 16.0 Å². The summed E-state index contributed by atoms with van der Waals surface area (Å²) in [5.74, 6) is 0.432. The van der Waals surface area contributed by atoms with Crippen LogP contribution in [0.1, 0.15) is 24.8 Å². The van der Waals surface area contributed by atoms with Gasteiger partial charge in [-0.1, -0.05) is 18.6 Å². The van der Waals surface area contributed by atoms with E-state index in [0.29, 0.717) is 26.1 Å². The number of amides is 2. The minimum Gasteiger partial charge on any atom is -0.340 e. The zero-order valence-corrected chi connectivity index (χ0v) is 18.9. The molecule has 3 aliphatic rings. The van der Waals surface area contributed by atoms with Gasteiger partial charge in [0.2, 0.25) is 11.8 Å². The van der Waals surface area contributed by atoms with Gasteiger partial charge in [0.15, 0.2) is 0 Å². The summed E-state index contributed by atoms with van der Waals surface area (Å²) in [4.78, 5) is 35.3. The Morgan fingerprint density at radius 3 is 2.03 bits per heavy atom. The van der Waals surface area contributed by atoms with E-state index in [2.05, 4.69) is 28.2 Å². The van der Waals surface area contributed by atoms with Gasteiger partial charge in [-0.05, 0) is 36.8 Å². The fourth-order valence-corrected chi connectivity index (χ4v) is 4.97. The van der Waals surface area contributed by atoms with Crippen molar-refractivity contribution in [2.24, 2.45) is 0 Å². The average Bonchev–Trinajstić information content (AvgIpc) is 2.74. The van der Waals surface area contributed by atoms with Crippen molar-refractivity contribution >= 4 is 23.6 Å². The lowest BCUT2D eigenvalue weighted by Crippen LogP contribution is -2.56. The van der Waals surface area contributed by atoms with Gasteiger partial charge in [-0.3, -0.25) is 19.4 Å². The second-order valence-corrected chi connectivity index (χ2v) is 9.56. The third-order valence-electron chi connectivity index (χ3n) is 6.86. The molecular formula is C23H34N4O2S. The van der Waals surface area contributed by atoms with Crippen LogP contribution in [0.3, 0.4) is 0 Å². The van der Waals surface area contributed by atoms with Crippen molar-refractivity contribution in [1.82, 2.24) is 19.6 Å². The van der Waals surface area contributed by atoms with Crippen molar-refractivity contribution in [1.29, 1.82) is 0 Å². The third-order valence-corrected chi connectivity index (χ3v) is 7.60. The Labute approximate surface area is 184 Å². The second kappa shape index (κ2) is 10.2. The van der Waals surface area contributed by atoms with Crippen molar-refractivity contribution in [3.63, 3.8) is 0 Å². The van der Waals surface area contributed by atoms with Gasteiger partial charge in [0, 0.05) is 63.3 Å². The third kappa shape index (κ3) is 5.37. The van der Waals surface area contributed by atoms with Gasteiger partial charge in [-0.15, -0.1) is 11.8 Å². The first-order chi connectivity index (χ1) is 14.6. The van der Waals surface area contributed by atoms with E-state index in [-0.39, 0.29) is 11.8 Å². The van der Waals surface area contributed by atoms with Crippen molar-refractivity contribution in [3.8, 4) is 0 Å². The zero-order chi connectivity index (χ0) is 20.9. The van der Waals surface area contributed by atoms with E-state index in [0.717, 1.165) is 50.9 Å². The molecule has 2 aliphatic heterocycles. The lowest BCUT2D eigenvalue weighted by molar-refractivity contribution is -0.136. The first kappa shape index (κ1) is 21.7. The Balaban J connectivity index is 1.17. The lowest BCUT2D eigenvalue weighted by Gasteiger charge is -2.43. The number of piperazine rings is 2. The Morgan fingerprint density at radius 2 is 1.47 bits per heavy atom. The minimum absolute atomic E-state index is 0.185. The normalized spacial score (nSPS) is 21.5. The summed E-state index contributed by atoms with van der Waals surface area (Å²) in [7, 11) is 0.